The Kier molecular flexibility index (Phi) is 19.9. The van der Waals surface area contributed by atoms with Gasteiger partial charge in [0.1, 0.15) is 0 Å². The molecule has 0 spiro atoms. The molecule has 0 amide bonds. The van der Waals surface area contributed by atoms with Crippen molar-refractivity contribution in [3.05, 3.63) is 0 Å². The fourth-order valence-electron chi connectivity index (χ4n) is 0.214. The van der Waals surface area contributed by atoms with Gasteiger partial charge in [-0.2, -0.15) is 0 Å². The molecule has 0 aliphatic rings. The monoisotopic (exact) mass is 200 g/mol. The molecule has 0 saturated carbocycles. The van der Waals surface area contributed by atoms with Crippen LogP contribution in [0.3, 0.4) is 0 Å². The van der Waals surface area contributed by atoms with Crippen molar-refractivity contribution in [3.63, 3.8) is 0 Å². The zero-order valence-electron chi connectivity index (χ0n) is 7.19. The number of rotatable bonds is 4. The number of carboxylic acid groups (broad SMARTS) is 2. The summed E-state index contributed by atoms with van der Waals surface area (Å²) < 4.78 is 0. The first kappa shape index (κ1) is 18.4. The van der Waals surface area contributed by atoms with Gasteiger partial charge in [-0.25, -0.2) is 6.29 Å². The molecular formula is C6H9NaO6. The van der Waals surface area contributed by atoms with E-state index in [4.69, 9.17) is 20.1 Å². The summed E-state index contributed by atoms with van der Waals surface area (Å²) >= 11 is 0. The van der Waals surface area contributed by atoms with E-state index in [-0.39, 0.29) is 42.4 Å². The fraction of sp³-hybridized carbons (Fsp3) is 0.500. The van der Waals surface area contributed by atoms with E-state index >= 15 is 0 Å². The van der Waals surface area contributed by atoms with Crippen molar-refractivity contribution >= 4 is 18.2 Å². The maximum Gasteiger partial charge on any atom is 1.00 e. The van der Waals surface area contributed by atoms with Gasteiger partial charge in [0.05, 0.1) is 12.8 Å². The number of hydrogen-bond acceptors (Lipinski definition) is 4. The van der Waals surface area contributed by atoms with Gasteiger partial charge in [-0.3, -0.25) is 9.59 Å². The van der Waals surface area contributed by atoms with E-state index in [2.05, 4.69) is 0 Å². The SMILES string of the molecule is O=C(O)CCC(=O)O.O=[C-]CO.[Na+]. The van der Waals surface area contributed by atoms with Crippen LogP contribution in [0.5, 0.6) is 0 Å². The zero-order valence-corrected chi connectivity index (χ0v) is 9.19. The van der Waals surface area contributed by atoms with Crippen LogP contribution in [-0.4, -0.2) is 40.2 Å². The second kappa shape index (κ2) is 14.1. The number of aliphatic carboxylic acids is 2. The molecule has 0 aromatic carbocycles. The van der Waals surface area contributed by atoms with Gasteiger partial charge in [-0.05, 0) is 0 Å². The predicted molar refractivity (Wildman–Crippen MR) is 37.3 cm³/mol. The first-order chi connectivity index (χ1) is 5.54. The minimum absolute atomic E-state index is 0. The quantitative estimate of drug-likeness (QED) is 0.315. The predicted octanol–water partition coefficient (Wildman–Crippen LogP) is -3.97. The number of carbonyl (C=O) groups is 2. The molecule has 0 aromatic rings. The Morgan fingerprint density at radius 1 is 1.08 bits per heavy atom. The molecule has 0 unspecified atom stereocenters. The minimum atomic E-state index is -1.08. The summed E-state index contributed by atoms with van der Waals surface area (Å²) in [6.07, 6.45) is 0.644. The molecule has 0 rings (SSSR count). The fourth-order valence-corrected chi connectivity index (χ4v) is 0.214. The number of aliphatic hydroxyl groups is 1. The van der Waals surface area contributed by atoms with Crippen molar-refractivity contribution in [3.8, 4) is 0 Å². The maximum atomic E-state index is 9.64. The van der Waals surface area contributed by atoms with E-state index in [1.165, 1.54) is 6.29 Å². The molecule has 0 fully saturated rings. The summed E-state index contributed by atoms with van der Waals surface area (Å²) in [7, 11) is 0. The third-order valence-electron chi connectivity index (χ3n) is 0.617. The van der Waals surface area contributed by atoms with E-state index in [0.717, 1.165) is 0 Å². The van der Waals surface area contributed by atoms with Crippen LogP contribution >= 0.6 is 0 Å². The molecule has 0 radical (unpaired) electrons. The molecule has 0 aliphatic heterocycles. The van der Waals surface area contributed by atoms with E-state index in [9.17, 15) is 9.59 Å². The van der Waals surface area contributed by atoms with Crippen LogP contribution in [0.4, 0.5) is 0 Å². The Morgan fingerprint density at radius 2 is 1.31 bits per heavy atom. The Hall–Kier alpha value is -0.430. The Balaban J connectivity index is -0.000000173. The van der Waals surface area contributed by atoms with Gasteiger partial charge in [0.2, 0.25) is 0 Å². The number of carbonyl (C=O) groups excluding carboxylic acids is 1. The average Bonchev–Trinajstić information content (AvgIpc) is 2.01. The van der Waals surface area contributed by atoms with Crippen LogP contribution in [0.25, 0.3) is 0 Å². The standard InChI is InChI=1S/C4H6O4.C2H3O2.Na/c5-3(6)1-2-4(7)8;3-1-2-4;/h1-2H2,(H,5,6)(H,7,8);3H,1H2;/q;-1;+1. The molecule has 0 bridgehead atoms. The third kappa shape index (κ3) is 34.2. The third-order valence-corrected chi connectivity index (χ3v) is 0.617. The van der Waals surface area contributed by atoms with Gasteiger partial charge in [-0.1, -0.05) is 6.61 Å². The molecule has 6 nitrogen and oxygen atoms in total. The van der Waals surface area contributed by atoms with Gasteiger partial charge in [0.25, 0.3) is 0 Å². The number of carboxylic acids is 2. The molecule has 0 heterocycles. The van der Waals surface area contributed by atoms with Gasteiger partial charge < -0.3 is 20.1 Å². The minimum Gasteiger partial charge on any atom is -0.540 e. The van der Waals surface area contributed by atoms with Crippen molar-refractivity contribution in [2.45, 2.75) is 12.8 Å². The summed E-state index contributed by atoms with van der Waals surface area (Å²) in [4.78, 5) is 28.1. The summed E-state index contributed by atoms with van der Waals surface area (Å²) in [5, 5.41) is 23.2. The van der Waals surface area contributed by atoms with Gasteiger partial charge in [-0.15, -0.1) is 0 Å². The summed E-state index contributed by atoms with van der Waals surface area (Å²) in [5.74, 6) is -2.15. The van der Waals surface area contributed by atoms with E-state index in [1.807, 2.05) is 0 Å². The number of hydrogen-bond donors (Lipinski definition) is 3. The second-order valence-electron chi connectivity index (χ2n) is 1.59. The summed E-state index contributed by atoms with van der Waals surface area (Å²) in [5.41, 5.74) is 0. The summed E-state index contributed by atoms with van der Waals surface area (Å²) in [6.45, 7) is -0.486. The first-order valence-corrected chi connectivity index (χ1v) is 2.94. The topological polar surface area (TPSA) is 112 Å². The van der Waals surface area contributed by atoms with Crippen molar-refractivity contribution in [2.24, 2.45) is 0 Å². The molecule has 3 N–H and O–H groups in total. The second-order valence-corrected chi connectivity index (χ2v) is 1.59. The zero-order chi connectivity index (χ0) is 9.98. The van der Waals surface area contributed by atoms with E-state index in [0.29, 0.717) is 0 Å². The van der Waals surface area contributed by atoms with Gasteiger partial charge in [0.15, 0.2) is 0 Å². The van der Waals surface area contributed by atoms with Crippen molar-refractivity contribution < 1.29 is 59.3 Å². The van der Waals surface area contributed by atoms with E-state index < -0.39 is 18.5 Å². The van der Waals surface area contributed by atoms with Crippen LogP contribution < -0.4 is 29.6 Å². The molecule has 0 saturated heterocycles. The Bertz CT molecular complexity index is 143. The average molecular weight is 200 g/mol. The van der Waals surface area contributed by atoms with Gasteiger partial charge >= 0.3 is 41.5 Å². The molecule has 0 aliphatic carbocycles. The van der Waals surface area contributed by atoms with Crippen LogP contribution in [0.15, 0.2) is 0 Å². The normalized spacial score (nSPS) is 7.15. The van der Waals surface area contributed by atoms with Crippen LogP contribution in [0.2, 0.25) is 0 Å². The van der Waals surface area contributed by atoms with Crippen LogP contribution in [0, 0.1) is 0 Å². The molecule has 7 heteroatoms. The van der Waals surface area contributed by atoms with Crippen LogP contribution in [0.1, 0.15) is 12.8 Å². The molecular weight excluding hydrogens is 191 g/mol. The molecule has 0 atom stereocenters. The van der Waals surface area contributed by atoms with Crippen LogP contribution in [-0.2, 0) is 14.4 Å². The molecule has 13 heavy (non-hydrogen) atoms. The van der Waals surface area contributed by atoms with Crippen molar-refractivity contribution in [1.29, 1.82) is 0 Å². The largest absolute Gasteiger partial charge is 1.00 e. The number of aliphatic hydroxyl groups excluding tert-OH is 1. The Labute approximate surface area is 96.9 Å². The van der Waals surface area contributed by atoms with Crippen molar-refractivity contribution in [2.75, 3.05) is 6.61 Å². The van der Waals surface area contributed by atoms with Crippen molar-refractivity contribution in [1.82, 2.24) is 0 Å². The Morgan fingerprint density at radius 3 is 1.38 bits per heavy atom. The maximum absolute atomic E-state index is 9.64. The molecule has 0 aromatic heterocycles. The van der Waals surface area contributed by atoms with Gasteiger partial charge in [0, 0.05) is 0 Å². The summed E-state index contributed by atoms with van der Waals surface area (Å²) in [6, 6.07) is 0. The molecule has 70 valence electrons. The van der Waals surface area contributed by atoms with E-state index in [1.54, 1.807) is 0 Å². The first-order valence-electron chi connectivity index (χ1n) is 2.94. The smallest absolute Gasteiger partial charge is 0.540 e.